The minimum atomic E-state index is -0.954. The highest BCUT2D eigenvalue weighted by Gasteiger charge is 2.30. The van der Waals surface area contributed by atoms with Gasteiger partial charge in [-0.05, 0) is 55.7 Å². The normalized spacial score (nSPS) is 17.8. The van der Waals surface area contributed by atoms with Crippen molar-refractivity contribution in [3.8, 4) is 11.8 Å². The largest absolute Gasteiger partial charge is 0.477 e. The van der Waals surface area contributed by atoms with Gasteiger partial charge in [-0.15, -0.1) is 11.3 Å². The Balaban J connectivity index is 1.47. The molecule has 31 heavy (non-hydrogen) atoms. The average molecular weight is 440 g/mol. The Hall–Kier alpha value is -2.62. The van der Waals surface area contributed by atoms with Crippen molar-refractivity contribution >= 4 is 23.2 Å². The molecule has 1 saturated heterocycles. The van der Waals surface area contributed by atoms with Crippen molar-refractivity contribution in [2.24, 2.45) is 5.92 Å². The average Bonchev–Trinajstić information content (AvgIpc) is 3.38. The maximum atomic E-state index is 12.3. The third-order valence-electron chi connectivity index (χ3n) is 5.91. The molecule has 1 aromatic heterocycles. The summed E-state index contributed by atoms with van der Waals surface area (Å²) in [6, 6.07) is 13.6. The first-order valence-electron chi connectivity index (χ1n) is 10.8. The van der Waals surface area contributed by atoms with Crippen molar-refractivity contribution < 1.29 is 19.8 Å². The Morgan fingerprint density at radius 3 is 2.71 bits per heavy atom. The lowest BCUT2D eigenvalue weighted by molar-refractivity contribution is -0.128. The molecule has 0 spiro atoms. The molecule has 0 bridgehead atoms. The molecule has 3 atom stereocenters. The SMILES string of the molecule is C[C@@H](CCc1ccccc1)[C@H](O)CC[C@H]1CCC(=O)N1CC#Cc1ccc(C(=O)O)s1. The molecule has 1 aliphatic rings. The number of rotatable bonds is 9. The topological polar surface area (TPSA) is 77.8 Å². The predicted molar refractivity (Wildman–Crippen MR) is 122 cm³/mol. The first kappa shape index (κ1) is 23.1. The molecule has 5 nitrogen and oxygen atoms in total. The Bertz CT molecular complexity index is 943. The zero-order valence-corrected chi connectivity index (χ0v) is 18.6. The van der Waals surface area contributed by atoms with Crippen molar-refractivity contribution in [2.45, 2.75) is 57.6 Å². The van der Waals surface area contributed by atoms with Crippen molar-refractivity contribution in [2.75, 3.05) is 6.54 Å². The molecule has 0 saturated carbocycles. The zero-order chi connectivity index (χ0) is 22.2. The molecule has 6 heteroatoms. The minimum Gasteiger partial charge on any atom is -0.477 e. The van der Waals surface area contributed by atoms with E-state index >= 15 is 0 Å². The Kier molecular flexibility index (Phi) is 8.27. The van der Waals surface area contributed by atoms with Crippen LogP contribution in [-0.2, 0) is 11.2 Å². The van der Waals surface area contributed by atoms with Gasteiger partial charge in [0.1, 0.15) is 4.88 Å². The Morgan fingerprint density at radius 2 is 2.00 bits per heavy atom. The molecule has 1 aliphatic heterocycles. The van der Waals surface area contributed by atoms with E-state index < -0.39 is 5.97 Å². The second kappa shape index (κ2) is 11.1. The fourth-order valence-corrected chi connectivity index (χ4v) is 4.64. The number of carbonyl (C=O) groups excluding carboxylic acids is 1. The van der Waals surface area contributed by atoms with Gasteiger partial charge < -0.3 is 15.1 Å². The molecule has 2 aromatic rings. The number of hydrogen-bond acceptors (Lipinski definition) is 4. The van der Waals surface area contributed by atoms with Crippen LogP contribution < -0.4 is 0 Å². The number of likely N-dealkylation sites (tertiary alicyclic amines) is 1. The van der Waals surface area contributed by atoms with Gasteiger partial charge in [-0.3, -0.25) is 4.79 Å². The van der Waals surface area contributed by atoms with Crippen LogP contribution in [0.15, 0.2) is 42.5 Å². The quantitative estimate of drug-likeness (QED) is 0.574. The maximum Gasteiger partial charge on any atom is 0.345 e. The van der Waals surface area contributed by atoms with Gasteiger partial charge in [-0.2, -0.15) is 0 Å². The van der Waals surface area contributed by atoms with E-state index in [1.807, 2.05) is 18.2 Å². The lowest BCUT2D eigenvalue weighted by Gasteiger charge is -2.25. The Morgan fingerprint density at radius 1 is 1.23 bits per heavy atom. The number of thiophene rings is 1. The number of carbonyl (C=O) groups is 2. The van der Waals surface area contributed by atoms with Gasteiger partial charge in [0, 0.05) is 12.5 Å². The van der Waals surface area contributed by atoms with Crippen LogP contribution in [0.25, 0.3) is 0 Å². The van der Waals surface area contributed by atoms with E-state index in [-0.39, 0.29) is 28.8 Å². The summed E-state index contributed by atoms with van der Waals surface area (Å²) in [7, 11) is 0. The van der Waals surface area contributed by atoms with Crippen LogP contribution in [0.5, 0.6) is 0 Å². The highest BCUT2D eigenvalue weighted by molar-refractivity contribution is 7.14. The van der Waals surface area contributed by atoms with E-state index in [1.54, 1.807) is 17.0 Å². The monoisotopic (exact) mass is 439 g/mol. The third-order valence-corrected chi connectivity index (χ3v) is 6.90. The lowest BCUT2D eigenvalue weighted by atomic mass is 9.92. The maximum absolute atomic E-state index is 12.3. The van der Waals surface area contributed by atoms with E-state index in [0.29, 0.717) is 24.3 Å². The van der Waals surface area contributed by atoms with Crippen molar-refractivity contribution in [3.05, 3.63) is 57.8 Å². The molecule has 1 amide bonds. The minimum absolute atomic E-state index is 0.100. The number of aromatic carboxylic acids is 1. The molecular weight excluding hydrogens is 410 g/mol. The van der Waals surface area contributed by atoms with Gasteiger partial charge >= 0.3 is 5.97 Å². The number of aryl methyl sites for hydroxylation is 1. The fourth-order valence-electron chi connectivity index (χ4n) is 3.92. The zero-order valence-electron chi connectivity index (χ0n) is 17.8. The van der Waals surface area contributed by atoms with E-state index in [2.05, 4.69) is 30.9 Å². The number of carboxylic acid groups (broad SMARTS) is 1. The highest BCUT2D eigenvalue weighted by atomic mass is 32.1. The van der Waals surface area contributed by atoms with E-state index in [0.717, 1.165) is 37.0 Å². The smallest absolute Gasteiger partial charge is 0.345 e. The van der Waals surface area contributed by atoms with Gasteiger partial charge in [0.25, 0.3) is 0 Å². The predicted octanol–water partition coefficient (Wildman–Crippen LogP) is 4.20. The number of benzene rings is 1. The summed E-state index contributed by atoms with van der Waals surface area (Å²) in [4.78, 5) is 26.0. The van der Waals surface area contributed by atoms with Crippen LogP contribution in [-0.4, -0.2) is 45.7 Å². The van der Waals surface area contributed by atoms with Crippen LogP contribution in [0.2, 0.25) is 0 Å². The molecule has 2 N–H and O–H groups in total. The van der Waals surface area contributed by atoms with Crippen molar-refractivity contribution in [1.82, 2.24) is 4.90 Å². The molecule has 0 aliphatic carbocycles. The van der Waals surface area contributed by atoms with Crippen LogP contribution in [0.1, 0.15) is 59.1 Å². The van der Waals surface area contributed by atoms with E-state index in [9.17, 15) is 14.7 Å². The Labute approximate surface area is 187 Å². The molecule has 1 aromatic carbocycles. The number of amides is 1. The fraction of sp³-hybridized carbons (Fsp3) is 0.440. The molecular formula is C25H29NO4S. The van der Waals surface area contributed by atoms with Gasteiger partial charge in [0.15, 0.2) is 0 Å². The van der Waals surface area contributed by atoms with Crippen LogP contribution in [0.4, 0.5) is 0 Å². The number of aliphatic hydroxyl groups excluding tert-OH is 1. The molecule has 2 heterocycles. The van der Waals surface area contributed by atoms with E-state index in [4.69, 9.17) is 5.11 Å². The first-order chi connectivity index (χ1) is 14.9. The number of hydrogen-bond donors (Lipinski definition) is 2. The molecule has 164 valence electrons. The summed E-state index contributed by atoms with van der Waals surface area (Å²) < 4.78 is 0. The third kappa shape index (κ3) is 6.68. The number of carboxylic acids is 1. The second-order valence-electron chi connectivity index (χ2n) is 8.13. The molecule has 0 radical (unpaired) electrons. The van der Waals surface area contributed by atoms with Crippen LogP contribution in [0, 0.1) is 17.8 Å². The number of nitrogens with zero attached hydrogens (tertiary/aromatic N) is 1. The molecule has 1 fully saturated rings. The summed E-state index contributed by atoms with van der Waals surface area (Å²) >= 11 is 1.14. The second-order valence-corrected chi connectivity index (χ2v) is 9.21. The van der Waals surface area contributed by atoms with Crippen molar-refractivity contribution in [3.63, 3.8) is 0 Å². The molecule has 3 rings (SSSR count). The lowest BCUT2D eigenvalue weighted by Crippen LogP contribution is -2.34. The summed E-state index contributed by atoms with van der Waals surface area (Å²) in [5.41, 5.74) is 1.29. The van der Waals surface area contributed by atoms with E-state index in [1.165, 1.54) is 5.56 Å². The van der Waals surface area contributed by atoms with Gasteiger partial charge in [0.05, 0.1) is 17.5 Å². The van der Waals surface area contributed by atoms with Gasteiger partial charge in [-0.25, -0.2) is 4.79 Å². The van der Waals surface area contributed by atoms with Gasteiger partial charge in [-0.1, -0.05) is 49.1 Å². The van der Waals surface area contributed by atoms with Crippen LogP contribution in [0.3, 0.4) is 0 Å². The summed E-state index contributed by atoms with van der Waals surface area (Å²) in [6.45, 7) is 2.42. The molecule has 0 unspecified atom stereocenters. The summed E-state index contributed by atoms with van der Waals surface area (Å²) in [5.74, 6) is 5.33. The van der Waals surface area contributed by atoms with Crippen molar-refractivity contribution in [1.29, 1.82) is 0 Å². The standard InChI is InChI=1S/C25H29NO4S/c1-18(9-10-19-6-3-2-4-7-19)22(27)14-11-20-12-16-24(28)26(20)17-5-8-21-13-15-23(31-21)25(29)30/h2-4,6-7,13,15,18,20,22,27H,9-12,14,16-17H2,1H3,(H,29,30)/t18-,20-,22+/m0/s1. The summed E-state index contributed by atoms with van der Waals surface area (Å²) in [6.07, 6.45) is 4.27. The highest BCUT2D eigenvalue weighted by Crippen LogP contribution is 2.25. The van der Waals surface area contributed by atoms with Gasteiger partial charge in [0.2, 0.25) is 5.91 Å². The van der Waals surface area contributed by atoms with Crippen LogP contribution >= 0.6 is 11.3 Å². The first-order valence-corrected chi connectivity index (χ1v) is 11.6. The number of aliphatic hydroxyl groups is 1. The summed E-state index contributed by atoms with van der Waals surface area (Å²) in [5, 5.41) is 19.6.